The van der Waals surface area contributed by atoms with Crippen LogP contribution >= 0.6 is 0 Å². The molecule has 2 rings (SSSR count). The van der Waals surface area contributed by atoms with Gasteiger partial charge in [0.2, 0.25) is 11.8 Å². The van der Waals surface area contributed by atoms with E-state index < -0.39 is 0 Å². The fraction of sp³-hybridized carbons (Fsp3) is 0.786. The van der Waals surface area contributed by atoms with Gasteiger partial charge in [-0.15, -0.1) is 0 Å². The molecule has 0 spiro atoms. The number of rotatable bonds is 6. The molecule has 1 amide bonds. The van der Waals surface area contributed by atoms with Gasteiger partial charge in [-0.1, -0.05) is 12.1 Å². The van der Waals surface area contributed by atoms with Crippen molar-refractivity contribution in [3.8, 4) is 0 Å². The number of hydrogen-bond donors (Lipinski definition) is 1. The zero-order chi connectivity index (χ0) is 15.2. The molecule has 0 bridgehead atoms. The smallest absolute Gasteiger partial charge is 0.240 e. The number of amides is 1. The molecule has 1 aliphatic heterocycles. The van der Waals surface area contributed by atoms with Crippen molar-refractivity contribution < 1.29 is 9.32 Å². The van der Waals surface area contributed by atoms with Crippen LogP contribution in [0.25, 0.3) is 0 Å². The summed E-state index contributed by atoms with van der Waals surface area (Å²) in [5, 5.41) is 6.83. The van der Waals surface area contributed by atoms with Gasteiger partial charge in [-0.05, 0) is 13.8 Å². The molecule has 21 heavy (non-hydrogen) atoms. The Morgan fingerprint density at radius 1 is 1.29 bits per heavy atom. The van der Waals surface area contributed by atoms with E-state index >= 15 is 0 Å². The molecule has 1 N–H and O–H groups in total. The monoisotopic (exact) mass is 295 g/mol. The fourth-order valence-electron chi connectivity index (χ4n) is 2.37. The summed E-state index contributed by atoms with van der Waals surface area (Å²) in [6.45, 7) is 10.7. The second-order valence-corrected chi connectivity index (χ2v) is 5.73. The van der Waals surface area contributed by atoms with Crippen molar-refractivity contribution in [2.75, 3.05) is 32.7 Å². The molecule has 1 aromatic rings. The van der Waals surface area contributed by atoms with Gasteiger partial charge in [0.25, 0.3) is 0 Å². The highest BCUT2D eigenvalue weighted by Gasteiger charge is 2.20. The van der Waals surface area contributed by atoms with Gasteiger partial charge in [0.1, 0.15) is 0 Å². The Balaban J connectivity index is 1.71. The van der Waals surface area contributed by atoms with Gasteiger partial charge in [0.05, 0.1) is 13.1 Å². The summed E-state index contributed by atoms with van der Waals surface area (Å²) in [4.78, 5) is 20.5. The third-order valence-corrected chi connectivity index (χ3v) is 3.47. The zero-order valence-corrected chi connectivity index (χ0v) is 13.1. The van der Waals surface area contributed by atoms with E-state index in [1.165, 1.54) is 0 Å². The van der Waals surface area contributed by atoms with Crippen LogP contribution in [0, 0.1) is 0 Å². The van der Waals surface area contributed by atoms with Crippen LogP contribution in [0.15, 0.2) is 4.52 Å². The van der Waals surface area contributed by atoms with Crippen LogP contribution < -0.4 is 5.32 Å². The van der Waals surface area contributed by atoms with Crippen molar-refractivity contribution >= 4 is 5.91 Å². The summed E-state index contributed by atoms with van der Waals surface area (Å²) in [5.41, 5.74) is 0. The largest absolute Gasteiger partial charge is 0.353 e. The average Bonchev–Trinajstić information content (AvgIpc) is 2.88. The van der Waals surface area contributed by atoms with Crippen molar-refractivity contribution in [2.45, 2.75) is 39.8 Å². The van der Waals surface area contributed by atoms with Crippen LogP contribution in [-0.4, -0.2) is 64.6 Å². The molecule has 2 heterocycles. The van der Waals surface area contributed by atoms with Crippen molar-refractivity contribution in [3.63, 3.8) is 0 Å². The Kier molecular flexibility index (Phi) is 5.69. The Morgan fingerprint density at radius 2 is 1.95 bits per heavy atom. The summed E-state index contributed by atoms with van der Waals surface area (Å²) in [7, 11) is 0. The SMILES string of the molecule is CCc1noc(CN2CCN(CC(=O)NC(C)C)CC2)n1. The van der Waals surface area contributed by atoms with Crippen LogP contribution in [-0.2, 0) is 17.8 Å². The topological polar surface area (TPSA) is 74.5 Å². The van der Waals surface area contributed by atoms with Gasteiger partial charge in [-0.2, -0.15) is 4.98 Å². The minimum Gasteiger partial charge on any atom is -0.353 e. The Bertz CT molecular complexity index is 452. The Labute approximate surface area is 125 Å². The lowest BCUT2D eigenvalue weighted by Gasteiger charge is -2.33. The van der Waals surface area contributed by atoms with Gasteiger partial charge in [0, 0.05) is 38.6 Å². The van der Waals surface area contributed by atoms with E-state index in [0.717, 1.165) is 38.4 Å². The van der Waals surface area contributed by atoms with Crippen LogP contribution in [0.3, 0.4) is 0 Å². The maximum atomic E-state index is 11.7. The molecular weight excluding hydrogens is 270 g/mol. The predicted molar refractivity (Wildman–Crippen MR) is 78.7 cm³/mol. The summed E-state index contributed by atoms with van der Waals surface area (Å²) < 4.78 is 5.21. The van der Waals surface area contributed by atoms with Crippen LogP contribution in [0.4, 0.5) is 0 Å². The molecule has 7 nitrogen and oxygen atoms in total. The van der Waals surface area contributed by atoms with E-state index in [1.54, 1.807) is 0 Å². The maximum absolute atomic E-state index is 11.7. The van der Waals surface area contributed by atoms with E-state index in [0.29, 0.717) is 19.0 Å². The zero-order valence-electron chi connectivity index (χ0n) is 13.1. The van der Waals surface area contributed by atoms with E-state index in [9.17, 15) is 4.79 Å². The molecule has 0 saturated carbocycles. The highest BCUT2D eigenvalue weighted by Crippen LogP contribution is 2.07. The highest BCUT2D eigenvalue weighted by atomic mass is 16.5. The van der Waals surface area contributed by atoms with Gasteiger partial charge >= 0.3 is 0 Å². The van der Waals surface area contributed by atoms with E-state index in [1.807, 2.05) is 20.8 Å². The number of aryl methyl sites for hydroxylation is 1. The van der Waals surface area contributed by atoms with Gasteiger partial charge < -0.3 is 9.84 Å². The number of nitrogens with zero attached hydrogens (tertiary/aromatic N) is 4. The maximum Gasteiger partial charge on any atom is 0.240 e. The Hall–Kier alpha value is -1.47. The van der Waals surface area contributed by atoms with Crippen molar-refractivity contribution in [1.29, 1.82) is 0 Å². The first-order chi connectivity index (χ1) is 10.1. The number of piperazine rings is 1. The first-order valence-corrected chi connectivity index (χ1v) is 7.62. The molecule has 1 saturated heterocycles. The lowest BCUT2D eigenvalue weighted by molar-refractivity contribution is -0.123. The third-order valence-electron chi connectivity index (χ3n) is 3.47. The van der Waals surface area contributed by atoms with Gasteiger partial charge in [0.15, 0.2) is 5.82 Å². The molecule has 7 heteroatoms. The van der Waals surface area contributed by atoms with Crippen LogP contribution in [0.1, 0.15) is 32.5 Å². The molecule has 118 valence electrons. The van der Waals surface area contributed by atoms with Gasteiger partial charge in [-0.3, -0.25) is 14.6 Å². The minimum atomic E-state index is 0.0999. The third kappa shape index (κ3) is 5.09. The molecule has 0 radical (unpaired) electrons. The quantitative estimate of drug-likeness (QED) is 0.812. The van der Waals surface area contributed by atoms with E-state index in [4.69, 9.17) is 4.52 Å². The predicted octanol–water partition coefficient (Wildman–Crippen LogP) is 0.274. The molecule has 0 aliphatic carbocycles. The minimum absolute atomic E-state index is 0.0999. The molecule has 1 fully saturated rings. The average molecular weight is 295 g/mol. The number of carbonyl (C=O) groups is 1. The van der Waals surface area contributed by atoms with Crippen molar-refractivity contribution in [1.82, 2.24) is 25.3 Å². The fourth-order valence-corrected chi connectivity index (χ4v) is 2.37. The standard InChI is InChI=1S/C14H25N5O2/c1-4-12-16-14(21-17-12)10-19-7-5-18(6-8-19)9-13(20)15-11(2)3/h11H,4-10H2,1-3H3,(H,15,20). The number of aromatic nitrogens is 2. The number of carbonyl (C=O) groups excluding carboxylic acids is 1. The Morgan fingerprint density at radius 3 is 2.52 bits per heavy atom. The first kappa shape index (κ1) is 15.9. The number of nitrogens with one attached hydrogen (secondary N) is 1. The van der Waals surface area contributed by atoms with Gasteiger partial charge in [-0.25, -0.2) is 0 Å². The van der Waals surface area contributed by atoms with Crippen molar-refractivity contribution in [3.05, 3.63) is 11.7 Å². The van der Waals surface area contributed by atoms with E-state index in [-0.39, 0.29) is 11.9 Å². The second kappa shape index (κ2) is 7.51. The molecule has 0 unspecified atom stereocenters. The first-order valence-electron chi connectivity index (χ1n) is 7.62. The molecule has 1 aliphatic rings. The molecule has 0 atom stereocenters. The summed E-state index contributed by atoms with van der Waals surface area (Å²) in [5.74, 6) is 1.54. The lowest BCUT2D eigenvalue weighted by atomic mass is 10.3. The summed E-state index contributed by atoms with van der Waals surface area (Å²) in [6, 6.07) is 0.198. The summed E-state index contributed by atoms with van der Waals surface area (Å²) >= 11 is 0. The number of hydrogen-bond acceptors (Lipinski definition) is 6. The van der Waals surface area contributed by atoms with Crippen LogP contribution in [0.2, 0.25) is 0 Å². The van der Waals surface area contributed by atoms with Crippen LogP contribution in [0.5, 0.6) is 0 Å². The molecule has 0 aromatic carbocycles. The lowest BCUT2D eigenvalue weighted by Crippen LogP contribution is -2.49. The molecular formula is C14H25N5O2. The summed E-state index contributed by atoms with van der Waals surface area (Å²) in [6.07, 6.45) is 0.794. The highest BCUT2D eigenvalue weighted by molar-refractivity contribution is 5.78. The molecule has 1 aromatic heterocycles. The second-order valence-electron chi connectivity index (χ2n) is 5.73. The van der Waals surface area contributed by atoms with Crippen molar-refractivity contribution in [2.24, 2.45) is 0 Å². The van der Waals surface area contributed by atoms with E-state index in [2.05, 4.69) is 25.3 Å². The normalized spacial score (nSPS) is 17.3.